The number of primary amides is 1. The minimum absolute atomic E-state index is 0. The van der Waals surface area contributed by atoms with Crippen LogP contribution in [0.15, 0.2) is 29.3 Å². The molecule has 1 saturated heterocycles. The normalized spacial score (nSPS) is 18.8. The molecule has 1 heterocycles. The molecule has 0 atom stereocenters. The van der Waals surface area contributed by atoms with E-state index in [-0.39, 0.29) is 41.2 Å². The van der Waals surface area contributed by atoms with E-state index in [1.54, 1.807) is 0 Å². The van der Waals surface area contributed by atoms with Gasteiger partial charge in [-0.05, 0) is 82.8 Å². The van der Waals surface area contributed by atoms with Gasteiger partial charge in [0.25, 0.3) is 0 Å². The number of hydrogen-bond donors (Lipinski definition) is 3. The van der Waals surface area contributed by atoms with Crippen molar-refractivity contribution in [1.29, 1.82) is 0 Å². The van der Waals surface area contributed by atoms with Crippen molar-refractivity contribution in [1.82, 2.24) is 15.5 Å². The van der Waals surface area contributed by atoms with Crippen molar-refractivity contribution in [3.8, 4) is 0 Å². The van der Waals surface area contributed by atoms with Gasteiger partial charge in [-0.1, -0.05) is 23.7 Å². The van der Waals surface area contributed by atoms with Crippen LogP contribution in [0.4, 0.5) is 0 Å². The van der Waals surface area contributed by atoms with Crippen LogP contribution in [0.1, 0.15) is 51.0 Å². The number of amides is 1. The minimum Gasteiger partial charge on any atom is -0.369 e. The van der Waals surface area contributed by atoms with Gasteiger partial charge >= 0.3 is 0 Å². The van der Waals surface area contributed by atoms with Crippen molar-refractivity contribution >= 4 is 47.4 Å². The van der Waals surface area contributed by atoms with Gasteiger partial charge in [-0.2, -0.15) is 0 Å². The lowest BCUT2D eigenvalue weighted by Gasteiger charge is -2.30. The largest absolute Gasteiger partial charge is 0.369 e. The summed E-state index contributed by atoms with van der Waals surface area (Å²) in [6, 6.07) is 8.20. The SMILES string of the molecule is CCNC(=NCC1(c2cccc(Cl)c2)CC1)NCCCCN1CCC(C(N)=O)CC1.I. The molecule has 1 saturated carbocycles. The Balaban J connectivity index is 0.00000341. The van der Waals surface area contributed by atoms with Crippen molar-refractivity contribution in [2.45, 2.75) is 50.9 Å². The van der Waals surface area contributed by atoms with Crippen LogP contribution in [0, 0.1) is 5.92 Å². The van der Waals surface area contributed by atoms with Crippen LogP contribution in [0.3, 0.4) is 0 Å². The van der Waals surface area contributed by atoms with Gasteiger partial charge in [-0.3, -0.25) is 9.79 Å². The molecule has 3 rings (SSSR count). The van der Waals surface area contributed by atoms with Crippen molar-refractivity contribution < 1.29 is 4.79 Å². The van der Waals surface area contributed by atoms with Crippen LogP contribution in [0.5, 0.6) is 0 Å². The zero-order chi connectivity index (χ0) is 21.4. The number of guanidine groups is 1. The van der Waals surface area contributed by atoms with E-state index in [0.717, 1.165) is 75.9 Å². The molecule has 1 aromatic rings. The smallest absolute Gasteiger partial charge is 0.220 e. The molecule has 31 heavy (non-hydrogen) atoms. The first-order valence-electron chi connectivity index (χ1n) is 11.3. The summed E-state index contributed by atoms with van der Waals surface area (Å²) in [5.74, 6) is 0.828. The van der Waals surface area contributed by atoms with E-state index in [1.807, 2.05) is 12.1 Å². The molecule has 2 aliphatic rings. The monoisotopic (exact) mass is 561 g/mol. The first kappa shape index (κ1) is 26.2. The molecule has 1 amide bonds. The molecule has 0 bridgehead atoms. The van der Waals surface area contributed by atoms with E-state index >= 15 is 0 Å². The third-order valence-corrected chi connectivity index (χ3v) is 6.59. The highest BCUT2D eigenvalue weighted by molar-refractivity contribution is 14.0. The number of aliphatic imine (C=N–C) groups is 1. The summed E-state index contributed by atoms with van der Waals surface area (Å²) < 4.78 is 0. The van der Waals surface area contributed by atoms with Gasteiger partial charge in [-0.25, -0.2) is 0 Å². The zero-order valence-electron chi connectivity index (χ0n) is 18.5. The summed E-state index contributed by atoms with van der Waals surface area (Å²) >= 11 is 6.18. The maximum absolute atomic E-state index is 11.3. The fraction of sp³-hybridized carbons (Fsp3) is 0.652. The summed E-state index contributed by atoms with van der Waals surface area (Å²) in [6.07, 6.45) is 6.38. The quantitative estimate of drug-likeness (QED) is 0.177. The number of nitrogens with two attached hydrogens (primary N) is 1. The Labute approximate surface area is 208 Å². The highest BCUT2D eigenvalue weighted by Gasteiger charge is 2.44. The first-order chi connectivity index (χ1) is 14.5. The summed E-state index contributed by atoms with van der Waals surface area (Å²) in [7, 11) is 0. The third kappa shape index (κ3) is 8.09. The fourth-order valence-electron chi connectivity index (χ4n) is 4.19. The minimum atomic E-state index is -0.141. The molecule has 0 unspecified atom stereocenters. The molecule has 1 aliphatic carbocycles. The Morgan fingerprint density at radius 2 is 2.00 bits per heavy atom. The number of likely N-dealkylation sites (tertiary alicyclic amines) is 1. The van der Waals surface area contributed by atoms with Crippen LogP contribution in [0.2, 0.25) is 5.02 Å². The van der Waals surface area contributed by atoms with Gasteiger partial charge in [-0.15, -0.1) is 24.0 Å². The van der Waals surface area contributed by atoms with E-state index in [9.17, 15) is 4.79 Å². The van der Waals surface area contributed by atoms with Crippen LogP contribution in [0.25, 0.3) is 0 Å². The van der Waals surface area contributed by atoms with Gasteiger partial charge in [0.15, 0.2) is 5.96 Å². The standard InChI is InChI=1S/C23H36ClN5O.HI/c1-2-26-22(28-17-23(10-11-23)19-6-5-7-20(24)16-19)27-12-3-4-13-29-14-8-18(9-15-29)21(25)30;/h5-7,16,18H,2-4,8-15,17H2,1H3,(H2,25,30)(H2,26,27,28);1H. The number of nitrogens with one attached hydrogen (secondary N) is 2. The number of hydrogen-bond acceptors (Lipinski definition) is 3. The van der Waals surface area contributed by atoms with Crippen molar-refractivity contribution in [2.75, 3.05) is 39.3 Å². The van der Waals surface area contributed by atoms with Crippen molar-refractivity contribution in [3.63, 3.8) is 0 Å². The lowest BCUT2D eigenvalue weighted by Crippen LogP contribution is -2.40. The van der Waals surface area contributed by atoms with Crippen LogP contribution in [-0.4, -0.2) is 56.0 Å². The second kappa shape index (κ2) is 12.8. The molecule has 8 heteroatoms. The fourth-order valence-corrected chi connectivity index (χ4v) is 4.38. The third-order valence-electron chi connectivity index (χ3n) is 6.36. The Kier molecular flexibility index (Phi) is 10.9. The Bertz CT molecular complexity index is 732. The maximum atomic E-state index is 11.3. The van der Waals surface area contributed by atoms with Crippen LogP contribution in [-0.2, 0) is 10.2 Å². The van der Waals surface area contributed by atoms with E-state index in [0.29, 0.717) is 0 Å². The predicted molar refractivity (Wildman–Crippen MR) is 139 cm³/mol. The predicted octanol–water partition coefficient (Wildman–Crippen LogP) is 3.52. The summed E-state index contributed by atoms with van der Waals surface area (Å²) in [4.78, 5) is 18.6. The summed E-state index contributed by atoms with van der Waals surface area (Å²) in [6.45, 7) is 7.69. The lowest BCUT2D eigenvalue weighted by atomic mass is 9.96. The van der Waals surface area contributed by atoms with Crippen LogP contribution < -0.4 is 16.4 Å². The highest BCUT2D eigenvalue weighted by Crippen LogP contribution is 2.48. The lowest BCUT2D eigenvalue weighted by molar-refractivity contribution is -0.123. The average Bonchev–Trinajstić information content (AvgIpc) is 3.53. The molecular weight excluding hydrogens is 525 g/mol. The van der Waals surface area contributed by atoms with E-state index in [2.05, 4.69) is 34.6 Å². The van der Waals surface area contributed by atoms with Crippen molar-refractivity contribution in [3.05, 3.63) is 34.9 Å². The van der Waals surface area contributed by atoms with Gasteiger partial charge in [0.1, 0.15) is 0 Å². The van der Waals surface area contributed by atoms with Crippen molar-refractivity contribution in [2.24, 2.45) is 16.6 Å². The summed E-state index contributed by atoms with van der Waals surface area (Å²) in [5.41, 5.74) is 6.87. The number of rotatable bonds is 10. The van der Waals surface area contributed by atoms with E-state index < -0.39 is 0 Å². The molecule has 2 fully saturated rings. The van der Waals surface area contributed by atoms with E-state index in [1.165, 1.54) is 18.4 Å². The Hall–Kier alpha value is -1.06. The topological polar surface area (TPSA) is 82.8 Å². The van der Waals surface area contributed by atoms with Crippen LogP contribution >= 0.6 is 35.6 Å². The second-order valence-corrected chi connectivity index (χ2v) is 9.07. The van der Waals surface area contributed by atoms with Gasteiger partial charge < -0.3 is 21.3 Å². The summed E-state index contributed by atoms with van der Waals surface area (Å²) in [5, 5.41) is 7.63. The van der Waals surface area contributed by atoms with Gasteiger partial charge in [0.05, 0.1) is 6.54 Å². The number of nitrogens with zero attached hydrogens (tertiary/aromatic N) is 2. The molecule has 0 aromatic heterocycles. The second-order valence-electron chi connectivity index (χ2n) is 8.64. The number of carbonyl (C=O) groups is 1. The molecule has 1 aliphatic heterocycles. The molecule has 0 radical (unpaired) electrons. The molecular formula is C23H37ClIN5O. The highest BCUT2D eigenvalue weighted by atomic mass is 127. The zero-order valence-corrected chi connectivity index (χ0v) is 21.6. The average molecular weight is 562 g/mol. The van der Waals surface area contributed by atoms with E-state index in [4.69, 9.17) is 22.3 Å². The number of carbonyl (C=O) groups excluding carboxylic acids is 1. The molecule has 6 nitrogen and oxygen atoms in total. The number of halogens is 2. The van der Waals surface area contributed by atoms with Gasteiger partial charge in [0, 0.05) is 29.4 Å². The number of piperidine rings is 1. The molecule has 1 aromatic carbocycles. The van der Waals surface area contributed by atoms with Gasteiger partial charge in [0.2, 0.25) is 5.91 Å². The number of benzene rings is 1. The molecule has 0 spiro atoms. The first-order valence-corrected chi connectivity index (χ1v) is 11.7. The number of unbranched alkanes of at least 4 members (excludes halogenated alkanes) is 1. The Morgan fingerprint density at radius 1 is 1.26 bits per heavy atom. The molecule has 4 N–H and O–H groups in total. The maximum Gasteiger partial charge on any atom is 0.220 e. The molecule has 174 valence electrons. The Morgan fingerprint density at radius 3 is 2.61 bits per heavy atom.